The molecule has 0 aromatic carbocycles. The predicted molar refractivity (Wildman–Crippen MR) is 79.0 cm³/mol. The Morgan fingerprint density at radius 2 is 2.16 bits per heavy atom. The molecule has 0 aliphatic carbocycles. The van der Waals surface area contributed by atoms with Crippen LogP contribution in [0.25, 0.3) is 0 Å². The lowest BCUT2D eigenvalue weighted by molar-refractivity contribution is -0.143. The van der Waals surface area contributed by atoms with Crippen LogP contribution in [0, 0.1) is 0 Å². The van der Waals surface area contributed by atoms with E-state index < -0.39 is 12.0 Å². The molecular formula is C12H20N2O3S2. The van der Waals surface area contributed by atoms with Crippen LogP contribution in [0.4, 0.5) is 4.79 Å². The van der Waals surface area contributed by atoms with E-state index in [1.807, 2.05) is 23.5 Å². The van der Waals surface area contributed by atoms with Crippen molar-refractivity contribution >= 4 is 35.5 Å². The molecule has 2 N–H and O–H groups in total. The average molecular weight is 304 g/mol. The van der Waals surface area contributed by atoms with E-state index in [2.05, 4.69) is 5.32 Å². The van der Waals surface area contributed by atoms with E-state index >= 15 is 0 Å². The van der Waals surface area contributed by atoms with Crippen LogP contribution >= 0.6 is 23.5 Å². The summed E-state index contributed by atoms with van der Waals surface area (Å²) < 4.78 is 0. The standard InChI is InChI=1S/C12H20N2O3S2/c15-11(16)10-3-1-2-4-14(10)12(17)13-7-9-8-18-5-6-19-9/h9-10H,1-8H2,(H,13,17)(H,15,16). The monoisotopic (exact) mass is 304 g/mol. The van der Waals surface area contributed by atoms with Crippen LogP contribution in [-0.4, -0.2) is 63.6 Å². The number of hydrogen-bond donors (Lipinski definition) is 2. The highest BCUT2D eigenvalue weighted by atomic mass is 32.2. The number of amides is 2. The number of nitrogens with zero attached hydrogens (tertiary/aromatic N) is 1. The zero-order valence-corrected chi connectivity index (χ0v) is 12.5. The van der Waals surface area contributed by atoms with Crippen LogP contribution in [-0.2, 0) is 4.79 Å². The third-order valence-electron chi connectivity index (χ3n) is 3.41. The summed E-state index contributed by atoms with van der Waals surface area (Å²) >= 11 is 3.80. The highest BCUT2D eigenvalue weighted by Crippen LogP contribution is 2.23. The summed E-state index contributed by atoms with van der Waals surface area (Å²) in [5.74, 6) is 2.49. The van der Waals surface area contributed by atoms with Gasteiger partial charge in [-0.3, -0.25) is 0 Å². The molecule has 2 atom stereocenters. The van der Waals surface area contributed by atoms with E-state index in [0.29, 0.717) is 24.8 Å². The van der Waals surface area contributed by atoms with Gasteiger partial charge in [-0.25, -0.2) is 9.59 Å². The fraction of sp³-hybridized carbons (Fsp3) is 0.833. The smallest absolute Gasteiger partial charge is 0.326 e. The van der Waals surface area contributed by atoms with Crippen LogP contribution < -0.4 is 5.32 Å². The Kier molecular flexibility index (Phi) is 5.69. The summed E-state index contributed by atoms with van der Waals surface area (Å²) in [7, 11) is 0. The summed E-state index contributed by atoms with van der Waals surface area (Å²) in [5.41, 5.74) is 0. The molecule has 0 spiro atoms. The highest BCUT2D eigenvalue weighted by Gasteiger charge is 2.32. The molecule has 2 rings (SSSR count). The predicted octanol–water partition coefficient (Wildman–Crippen LogP) is 1.48. The fourth-order valence-corrected chi connectivity index (χ4v) is 5.00. The Bertz CT molecular complexity index is 335. The minimum absolute atomic E-state index is 0.219. The molecular weight excluding hydrogens is 284 g/mol. The summed E-state index contributed by atoms with van der Waals surface area (Å²) in [5, 5.41) is 12.5. The first-order valence-electron chi connectivity index (χ1n) is 6.65. The zero-order valence-electron chi connectivity index (χ0n) is 10.8. The van der Waals surface area contributed by atoms with Crippen molar-refractivity contribution in [2.45, 2.75) is 30.6 Å². The molecule has 2 heterocycles. The quantitative estimate of drug-likeness (QED) is 0.826. The number of thioether (sulfide) groups is 2. The molecule has 0 saturated carbocycles. The normalized spacial score (nSPS) is 27.9. The van der Waals surface area contributed by atoms with Gasteiger partial charge in [-0.05, 0) is 19.3 Å². The van der Waals surface area contributed by atoms with Gasteiger partial charge in [-0.2, -0.15) is 23.5 Å². The fourth-order valence-electron chi connectivity index (χ4n) is 2.39. The summed E-state index contributed by atoms with van der Waals surface area (Å²) in [6.45, 7) is 1.19. The Balaban J connectivity index is 1.81. The van der Waals surface area contributed by atoms with Gasteiger partial charge in [0.05, 0.1) is 0 Å². The van der Waals surface area contributed by atoms with Crippen LogP contribution in [0.15, 0.2) is 0 Å². The lowest BCUT2D eigenvalue weighted by atomic mass is 10.0. The first-order chi connectivity index (χ1) is 9.18. The Morgan fingerprint density at radius 1 is 1.32 bits per heavy atom. The maximum atomic E-state index is 12.1. The molecule has 108 valence electrons. The number of urea groups is 1. The van der Waals surface area contributed by atoms with Crippen LogP contribution in [0.5, 0.6) is 0 Å². The van der Waals surface area contributed by atoms with Gasteiger partial charge in [0.15, 0.2) is 0 Å². The van der Waals surface area contributed by atoms with E-state index in [1.54, 1.807) is 0 Å². The summed E-state index contributed by atoms with van der Waals surface area (Å²) in [4.78, 5) is 24.7. The van der Waals surface area contributed by atoms with Crippen molar-refractivity contribution in [1.29, 1.82) is 0 Å². The first-order valence-corrected chi connectivity index (χ1v) is 8.85. The highest BCUT2D eigenvalue weighted by molar-refractivity contribution is 8.06. The number of likely N-dealkylation sites (tertiary alicyclic amines) is 1. The molecule has 5 nitrogen and oxygen atoms in total. The number of aliphatic carboxylic acids is 1. The summed E-state index contributed by atoms with van der Waals surface area (Å²) in [6.07, 6.45) is 2.35. The molecule has 2 saturated heterocycles. The zero-order chi connectivity index (χ0) is 13.7. The average Bonchev–Trinajstić information content (AvgIpc) is 2.46. The van der Waals surface area contributed by atoms with Gasteiger partial charge in [0.25, 0.3) is 0 Å². The number of piperidine rings is 1. The molecule has 2 unspecified atom stereocenters. The maximum Gasteiger partial charge on any atom is 0.326 e. The van der Waals surface area contributed by atoms with Gasteiger partial charge in [0.2, 0.25) is 0 Å². The van der Waals surface area contributed by atoms with Gasteiger partial charge < -0.3 is 15.3 Å². The van der Waals surface area contributed by atoms with Crippen LogP contribution in [0.1, 0.15) is 19.3 Å². The molecule has 7 heteroatoms. The molecule has 0 bridgehead atoms. The lowest BCUT2D eigenvalue weighted by Crippen LogP contribution is -2.52. The number of carbonyl (C=O) groups excluding carboxylic acids is 1. The first kappa shape index (κ1) is 14.8. The van der Waals surface area contributed by atoms with Crippen molar-refractivity contribution < 1.29 is 14.7 Å². The number of nitrogens with one attached hydrogen (secondary N) is 1. The van der Waals surface area contributed by atoms with Crippen molar-refractivity contribution in [2.75, 3.05) is 30.3 Å². The lowest BCUT2D eigenvalue weighted by Gasteiger charge is -2.33. The second-order valence-corrected chi connectivity index (χ2v) is 7.36. The Labute approximate surface area is 121 Å². The Hall–Kier alpha value is -0.560. The van der Waals surface area contributed by atoms with E-state index in [4.69, 9.17) is 5.11 Å². The van der Waals surface area contributed by atoms with Gasteiger partial charge in [0.1, 0.15) is 6.04 Å². The van der Waals surface area contributed by atoms with Crippen LogP contribution in [0.3, 0.4) is 0 Å². The van der Waals surface area contributed by atoms with E-state index in [9.17, 15) is 9.59 Å². The molecule has 0 aromatic heterocycles. The van der Waals surface area contributed by atoms with Gasteiger partial charge in [0, 0.05) is 35.6 Å². The number of carbonyl (C=O) groups is 2. The third-order valence-corrected chi connectivity index (χ3v) is 6.26. The second kappa shape index (κ2) is 7.28. The number of carboxylic acids is 1. The summed E-state index contributed by atoms with van der Waals surface area (Å²) in [6, 6.07) is -0.870. The van der Waals surface area contributed by atoms with Crippen molar-refractivity contribution in [3.05, 3.63) is 0 Å². The molecule has 2 aliphatic rings. The van der Waals surface area contributed by atoms with Crippen molar-refractivity contribution in [3.63, 3.8) is 0 Å². The number of hydrogen-bond acceptors (Lipinski definition) is 4. The second-order valence-electron chi connectivity index (χ2n) is 4.80. The van der Waals surface area contributed by atoms with Gasteiger partial charge in [-0.15, -0.1) is 0 Å². The topological polar surface area (TPSA) is 69.6 Å². The van der Waals surface area contributed by atoms with Crippen molar-refractivity contribution in [2.24, 2.45) is 0 Å². The van der Waals surface area contributed by atoms with Crippen molar-refractivity contribution in [1.82, 2.24) is 10.2 Å². The minimum atomic E-state index is -0.891. The third kappa shape index (κ3) is 4.21. The van der Waals surface area contributed by atoms with E-state index in [1.165, 1.54) is 10.7 Å². The van der Waals surface area contributed by atoms with Crippen molar-refractivity contribution in [3.8, 4) is 0 Å². The Morgan fingerprint density at radius 3 is 2.84 bits per heavy atom. The maximum absolute atomic E-state index is 12.1. The SMILES string of the molecule is O=C(O)C1CCCCN1C(=O)NCC1CSCCS1. The molecule has 0 aromatic rings. The largest absolute Gasteiger partial charge is 0.480 e. The molecule has 0 radical (unpaired) electrons. The molecule has 2 amide bonds. The van der Waals surface area contributed by atoms with Crippen LogP contribution in [0.2, 0.25) is 0 Å². The molecule has 19 heavy (non-hydrogen) atoms. The number of rotatable bonds is 3. The number of carboxylic acid groups (broad SMARTS) is 1. The molecule has 2 fully saturated rings. The van der Waals surface area contributed by atoms with Gasteiger partial charge >= 0.3 is 12.0 Å². The van der Waals surface area contributed by atoms with E-state index in [-0.39, 0.29) is 6.03 Å². The van der Waals surface area contributed by atoms with Gasteiger partial charge in [-0.1, -0.05) is 0 Å². The minimum Gasteiger partial charge on any atom is -0.480 e. The molecule has 2 aliphatic heterocycles. The van der Waals surface area contributed by atoms with E-state index in [0.717, 1.165) is 24.3 Å².